The molecule has 1 aliphatic rings. The first kappa shape index (κ1) is 16.7. The number of ether oxygens (including phenoxy) is 1. The van der Waals surface area contributed by atoms with E-state index < -0.39 is 5.91 Å². The average molecular weight is 339 g/mol. The summed E-state index contributed by atoms with van der Waals surface area (Å²) in [5, 5.41) is 0. The summed E-state index contributed by atoms with van der Waals surface area (Å²) in [5.74, 6) is -0.702. The number of nitrogens with zero attached hydrogens (tertiary/aromatic N) is 1. The van der Waals surface area contributed by atoms with Crippen LogP contribution in [0.2, 0.25) is 0 Å². The smallest absolute Gasteiger partial charge is 0.280 e. The van der Waals surface area contributed by atoms with Gasteiger partial charge in [0.15, 0.2) is 5.96 Å². The van der Waals surface area contributed by atoms with Crippen LogP contribution in [0.3, 0.4) is 0 Å². The predicted octanol–water partition coefficient (Wildman–Crippen LogP) is 2.63. The number of hydrogen-bond acceptors (Lipinski definition) is 2. The van der Waals surface area contributed by atoms with Crippen LogP contribution in [0.15, 0.2) is 47.5 Å². The maximum atomic E-state index is 13.5. The van der Waals surface area contributed by atoms with Crippen molar-refractivity contribution in [2.45, 2.75) is 12.8 Å². The van der Waals surface area contributed by atoms with Crippen LogP contribution in [-0.4, -0.2) is 19.0 Å². The van der Waals surface area contributed by atoms with Crippen molar-refractivity contribution < 1.29 is 13.9 Å². The highest BCUT2D eigenvalue weighted by atomic mass is 19.1. The first-order valence-electron chi connectivity index (χ1n) is 7.81. The van der Waals surface area contributed by atoms with Crippen molar-refractivity contribution >= 4 is 17.4 Å². The van der Waals surface area contributed by atoms with Crippen LogP contribution in [0.25, 0.3) is 5.57 Å². The number of hydrogen-bond donors (Lipinski definition) is 2. The number of amides is 1. The first-order valence-corrected chi connectivity index (χ1v) is 7.81. The summed E-state index contributed by atoms with van der Waals surface area (Å²) in [6.07, 6.45) is 3.77. The Morgan fingerprint density at radius 1 is 1.16 bits per heavy atom. The van der Waals surface area contributed by atoms with Crippen LogP contribution in [0.1, 0.15) is 33.5 Å². The summed E-state index contributed by atoms with van der Waals surface area (Å²) in [7, 11) is 1.50. The van der Waals surface area contributed by atoms with E-state index in [1.165, 1.54) is 19.2 Å². The molecule has 0 spiro atoms. The topological polar surface area (TPSA) is 90.7 Å². The maximum absolute atomic E-state index is 13.5. The molecule has 0 bridgehead atoms. The molecule has 25 heavy (non-hydrogen) atoms. The molecule has 1 aliphatic carbocycles. The van der Waals surface area contributed by atoms with Gasteiger partial charge in [0, 0.05) is 17.2 Å². The number of aliphatic imine (C=N–C) groups is 1. The van der Waals surface area contributed by atoms with Crippen LogP contribution in [-0.2, 0) is 6.42 Å². The fourth-order valence-corrected chi connectivity index (χ4v) is 2.98. The zero-order valence-corrected chi connectivity index (χ0v) is 13.8. The number of carbonyl (C=O) groups is 1. The van der Waals surface area contributed by atoms with Gasteiger partial charge in [0.2, 0.25) is 0 Å². The summed E-state index contributed by atoms with van der Waals surface area (Å²) < 4.78 is 18.8. The van der Waals surface area contributed by atoms with Gasteiger partial charge in [-0.15, -0.1) is 0 Å². The fraction of sp³-hybridized carbons (Fsp3) is 0.158. The molecule has 0 atom stereocenters. The highest BCUT2D eigenvalue weighted by Gasteiger charge is 2.19. The summed E-state index contributed by atoms with van der Waals surface area (Å²) in [5.41, 5.74) is 14.6. The van der Waals surface area contributed by atoms with Crippen LogP contribution < -0.4 is 16.2 Å². The van der Waals surface area contributed by atoms with Crippen molar-refractivity contribution in [1.82, 2.24) is 0 Å². The van der Waals surface area contributed by atoms with Crippen molar-refractivity contribution in [3.05, 3.63) is 70.5 Å². The van der Waals surface area contributed by atoms with Gasteiger partial charge < -0.3 is 16.2 Å². The van der Waals surface area contributed by atoms with Gasteiger partial charge in [0.05, 0.1) is 7.11 Å². The fourth-order valence-electron chi connectivity index (χ4n) is 2.98. The zero-order chi connectivity index (χ0) is 18.0. The number of rotatable bonds is 3. The van der Waals surface area contributed by atoms with E-state index in [2.05, 4.69) is 11.1 Å². The maximum Gasteiger partial charge on any atom is 0.280 e. The quantitative estimate of drug-likeness (QED) is 0.664. The molecule has 3 rings (SSSR count). The van der Waals surface area contributed by atoms with Gasteiger partial charge in [-0.3, -0.25) is 4.79 Å². The second-order valence-electron chi connectivity index (χ2n) is 5.71. The van der Waals surface area contributed by atoms with Gasteiger partial charge in [0.1, 0.15) is 11.6 Å². The average Bonchev–Trinajstić information content (AvgIpc) is 2.60. The van der Waals surface area contributed by atoms with Gasteiger partial charge in [-0.05, 0) is 53.8 Å². The highest BCUT2D eigenvalue weighted by Crippen LogP contribution is 2.37. The van der Waals surface area contributed by atoms with Gasteiger partial charge >= 0.3 is 0 Å². The molecule has 0 saturated heterocycles. The molecule has 0 aliphatic heterocycles. The Labute approximate surface area is 144 Å². The van der Waals surface area contributed by atoms with Crippen molar-refractivity contribution in [3.63, 3.8) is 0 Å². The molecule has 2 aromatic carbocycles. The molecule has 6 heteroatoms. The number of allylic oxidation sites excluding steroid dienone is 1. The normalized spacial score (nSPS) is 12.8. The molecular formula is C19H18FN3O2. The Morgan fingerprint density at radius 2 is 1.96 bits per heavy atom. The van der Waals surface area contributed by atoms with E-state index in [-0.39, 0.29) is 11.8 Å². The minimum atomic E-state index is -0.501. The molecule has 5 nitrogen and oxygen atoms in total. The third kappa shape index (κ3) is 3.38. The van der Waals surface area contributed by atoms with E-state index >= 15 is 0 Å². The van der Waals surface area contributed by atoms with E-state index in [1.54, 1.807) is 18.2 Å². The number of halogens is 1. The first-order chi connectivity index (χ1) is 12.0. The third-order valence-electron chi connectivity index (χ3n) is 4.09. The lowest BCUT2D eigenvalue weighted by atomic mass is 9.85. The molecule has 0 aromatic heterocycles. The largest absolute Gasteiger partial charge is 0.496 e. The molecular weight excluding hydrogens is 321 g/mol. The minimum absolute atomic E-state index is 0.279. The molecule has 0 radical (unpaired) electrons. The second kappa shape index (κ2) is 6.76. The lowest BCUT2D eigenvalue weighted by Crippen LogP contribution is -2.24. The van der Waals surface area contributed by atoms with Crippen molar-refractivity contribution in [2.24, 2.45) is 16.5 Å². The monoisotopic (exact) mass is 339 g/mol. The van der Waals surface area contributed by atoms with Crippen LogP contribution in [0.5, 0.6) is 5.75 Å². The Balaban J connectivity index is 2.10. The standard InChI is InChI=1S/C19H18FN3O2/c1-25-17-10-13(20)7-8-15(17)14-4-2-3-11-5-6-12(9-16(11)14)18(24)23-19(21)22/h4-10H,2-3H2,1H3,(H4,21,22,23,24). The number of nitrogens with two attached hydrogens (primary N) is 2. The number of aryl methyl sites for hydroxylation is 1. The van der Waals surface area contributed by atoms with Crippen LogP contribution in [0, 0.1) is 5.82 Å². The molecule has 2 aromatic rings. The predicted molar refractivity (Wildman–Crippen MR) is 94.9 cm³/mol. The van der Waals surface area contributed by atoms with E-state index in [0.717, 1.165) is 35.1 Å². The van der Waals surface area contributed by atoms with Crippen molar-refractivity contribution in [1.29, 1.82) is 0 Å². The number of fused-ring (bicyclic) bond motifs is 1. The van der Waals surface area contributed by atoms with E-state index in [1.807, 2.05) is 6.07 Å². The summed E-state index contributed by atoms with van der Waals surface area (Å²) in [4.78, 5) is 15.7. The second-order valence-corrected chi connectivity index (χ2v) is 5.71. The molecule has 0 fully saturated rings. The van der Waals surface area contributed by atoms with Gasteiger partial charge in [-0.1, -0.05) is 12.1 Å². The molecule has 1 amide bonds. The molecule has 128 valence electrons. The minimum Gasteiger partial charge on any atom is -0.496 e. The summed E-state index contributed by atoms with van der Waals surface area (Å²) in [6.45, 7) is 0. The zero-order valence-electron chi connectivity index (χ0n) is 13.8. The van der Waals surface area contributed by atoms with Gasteiger partial charge in [-0.2, -0.15) is 4.99 Å². The summed E-state index contributed by atoms with van der Waals surface area (Å²) >= 11 is 0. The van der Waals surface area contributed by atoms with Gasteiger partial charge in [-0.25, -0.2) is 4.39 Å². The lowest BCUT2D eigenvalue weighted by molar-refractivity contribution is 0.100. The van der Waals surface area contributed by atoms with E-state index in [9.17, 15) is 9.18 Å². The Kier molecular flexibility index (Phi) is 4.52. The Bertz CT molecular complexity index is 900. The van der Waals surface area contributed by atoms with Crippen molar-refractivity contribution in [3.8, 4) is 5.75 Å². The highest BCUT2D eigenvalue weighted by molar-refractivity contribution is 6.02. The molecule has 0 saturated carbocycles. The van der Waals surface area contributed by atoms with E-state index in [0.29, 0.717) is 11.3 Å². The lowest BCUT2D eigenvalue weighted by Gasteiger charge is -2.20. The van der Waals surface area contributed by atoms with Gasteiger partial charge in [0.25, 0.3) is 5.91 Å². The van der Waals surface area contributed by atoms with E-state index in [4.69, 9.17) is 16.2 Å². The Morgan fingerprint density at radius 3 is 2.68 bits per heavy atom. The van der Waals surface area contributed by atoms with Crippen molar-refractivity contribution in [2.75, 3.05) is 7.11 Å². The molecule has 0 heterocycles. The molecule has 4 N–H and O–H groups in total. The number of carbonyl (C=O) groups excluding carboxylic acids is 1. The van der Waals surface area contributed by atoms with Crippen LogP contribution >= 0.6 is 0 Å². The number of guanidine groups is 1. The third-order valence-corrected chi connectivity index (χ3v) is 4.09. The number of benzene rings is 2. The number of methoxy groups -OCH3 is 1. The molecule has 0 unspecified atom stereocenters. The SMILES string of the molecule is COc1cc(F)ccc1C1=CCCc2ccc(C(=O)N=C(N)N)cc21. The van der Waals surface area contributed by atoms with Crippen LogP contribution in [0.4, 0.5) is 4.39 Å². The summed E-state index contributed by atoms with van der Waals surface area (Å²) in [6, 6.07) is 9.78. The Hall–Kier alpha value is -3.15.